The van der Waals surface area contributed by atoms with E-state index in [9.17, 15) is 39.2 Å². The molecule has 0 aliphatic heterocycles. The summed E-state index contributed by atoms with van der Waals surface area (Å²) in [5.41, 5.74) is 1.34. The third-order valence-corrected chi connectivity index (χ3v) is 6.85. The van der Waals surface area contributed by atoms with E-state index >= 15 is 0 Å². The van der Waals surface area contributed by atoms with Crippen molar-refractivity contribution in [1.82, 2.24) is 25.5 Å². The first-order chi connectivity index (χ1) is 24.1. The number of nitrogens with zero attached hydrogens (tertiary/aromatic N) is 3. The number of benzene rings is 3. The molecule has 4 rings (SSSR count). The molecule has 0 fully saturated rings. The summed E-state index contributed by atoms with van der Waals surface area (Å²) < 4.78 is 16.7. The van der Waals surface area contributed by atoms with Crippen LogP contribution in [-0.2, 0) is 43.5 Å². The number of esters is 1. The maximum Gasteiger partial charge on any atom is 0.419 e. The zero-order valence-electron chi connectivity index (χ0n) is 26.3. The van der Waals surface area contributed by atoms with Crippen LogP contribution in [0.3, 0.4) is 0 Å². The molecule has 17 heteroatoms. The highest BCUT2D eigenvalue weighted by molar-refractivity contribution is 5.92. The number of carbonyl (C=O) groups is 5. The Morgan fingerprint density at radius 1 is 0.820 bits per heavy atom. The average molecular weight is 689 g/mol. The van der Waals surface area contributed by atoms with Crippen LogP contribution in [0.1, 0.15) is 16.8 Å². The molecule has 0 spiro atoms. The van der Waals surface area contributed by atoms with Gasteiger partial charge in [-0.05, 0) is 23.3 Å². The average Bonchev–Trinajstić information content (AvgIpc) is 3.60. The second-order valence-corrected chi connectivity index (χ2v) is 10.4. The van der Waals surface area contributed by atoms with E-state index in [4.69, 9.17) is 14.2 Å². The first-order valence-corrected chi connectivity index (χ1v) is 15.0. The zero-order chi connectivity index (χ0) is 35.9. The molecule has 50 heavy (non-hydrogen) atoms. The summed E-state index contributed by atoms with van der Waals surface area (Å²) in [7, 11) is 0. The number of hydrogen-bond donors (Lipinski definition) is 4. The number of nitrogens with one attached hydrogen (secondary N) is 3. The molecule has 0 aliphatic rings. The lowest BCUT2D eigenvalue weighted by molar-refractivity contribution is -0.384. The Bertz CT molecular complexity index is 1780. The van der Waals surface area contributed by atoms with Gasteiger partial charge in [0.2, 0.25) is 11.8 Å². The largest absolute Gasteiger partial charge is 0.445 e. The van der Waals surface area contributed by atoms with E-state index in [0.29, 0.717) is 5.56 Å². The fraction of sp³-hybridized carbons (Fsp3) is 0.212. The normalized spacial score (nSPS) is 11.7. The van der Waals surface area contributed by atoms with Crippen LogP contribution in [0, 0.1) is 10.1 Å². The summed E-state index contributed by atoms with van der Waals surface area (Å²) in [6, 6.07) is 19.3. The van der Waals surface area contributed by atoms with Crippen LogP contribution in [0.4, 0.5) is 15.3 Å². The Labute approximate surface area is 284 Å². The van der Waals surface area contributed by atoms with E-state index in [-0.39, 0.29) is 36.8 Å². The molecule has 260 valence electrons. The first kappa shape index (κ1) is 36.2. The minimum absolute atomic E-state index is 0.0156. The van der Waals surface area contributed by atoms with E-state index in [1.807, 2.05) is 6.07 Å². The van der Waals surface area contributed by atoms with E-state index in [1.54, 1.807) is 54.6 Å². The molecule has 2 atom stereocenters. The number of hydrogen-bond acceptors (Lipinski definition) is 12. The molecule has 17 nitrogen and oxygen atoms in total. The number of carbonyl (C=O) groups excluding carboxylic acids is 5. The molecule has 4 aromatic rings. The van der Waals surface area contributed by atoms with E-state index in [2.05, 4.69) is 20.9 Å². The number of ether oxygens (including phenoxy) is 3. The van der Waals surface area contributed by atoms with Gasteiger partial charge in [0.15, 0.2) is 0 Å². The summed E-state index contributed by atoms with van der Waals surface area (Å²) in [6.45, 7) is -1.74. The topological polar surface area (TPSA) is 230 Å². The van der Waals surface area contributed by atoms with Crippen molar-refractivity contribution in [3.8, 4) is 5.75 Å². The monoisotopic (exact) mass is 688 g/mol. The van der Waals surface area contributed by atoms with Crippen LogP contribution in [0.5, 0.6) is 5.75 Å². The molecule has 1 heterocycles. The summed E-state index contributed by atoms with van der Waals surface area (Å²) in [6.07, 6.45) is 0.332. The lowest BCUT2D eigenvalue weighted by Gasteiger charge is -2.22. The fourth-order valence-electron chi connectivity index (χ4n) is 4.30. The SMILES string of the molecule is O=C(CNC(=O)[C@@H](CO)NC(=O)[C@@H](Cc1cncn1C(=O)OCc1ccccc1)NC(=O)OCc1ccccc1)Oc1ccc([N+](=O)[O-])cc1. The standard InChI is InChI=1S/C33H32N6O11/c40-18-28(30(42)35-17-29(41)50-26-13-11-24(12-14-26)39(46)47)36-31(43)27(37-32(44)48-19-22-7-3-1-4-8-22)15-25-16-34-21-38(25)33(45)49-20-23-9-5-2-6-10-23/h1-14,16,21,27-28,40H,15,17-20H2,(H,35,42)(H,36,43)(H,37,44)/t27-,28-/m1/s1. The third kappa shape index (κ3) is 11.0. The number of aliphatic hydroxyl groups excluding tert-OH is 1. The number of alkyl carbamates (subject to hydrolysis) is 1. The molecule has 4 N–H and O–H groups in total. The molecule has 0 unspecified atom stereocenters. The van der Waals surface area contributed by atoms with Crippen LogP contribution in [-0.4, -0.2) is 74.8 Å². The fourth-order valence-corrected chi connectivity index (χ4v) is 4.30. The summed E-state index contributed by atoms with van der Waals surface area (Å²) >= 11 is 0. The number of rotatable bonds is 15. The summed E-state index contributed by atoms with van der Waals surface area (Å²) in [5, 5.41) is 27.6. The number of nitro groups is 1. The molecular weight excluding hydrogens is 656 g/mol. The van der Waals surface area contributed by atoms with Gasteiger partial charge in [0, 0.05) is 24.8 Å². The Morgan fingerprint density at radius 2 is 1.44 bits per heavy atom. The number of non-ortho nitro benzene ring substituents is 1. The molecule has 0 saturated carbocycles. The van der Waals surface area contributed by atoms with Gasteiger partial charge in [0.1, 0.15) is 43.9 Å². The Morgan fingerprint density at radius 3 is 2.04 bits per heavy atom. The summed E-state index contributed by atoms with van der Waals surface area (Å²) in [5.74, 6) is -2.88. The zero-order valence-corrected chi connectivity index (χ0v) is 26.3. The van der Waals surface area contributed by atoms with Crippen LogP contribution in [0.15, 0.2) is 97.5 Å². The van der Waals surface area contributed by atoms with Crippen molar-refractivity contribution in [2.24, 2.45) is 0 Å². The summed E-state index contributed by atoms with van der Waals surface area (Å²) in [4.78, 5) is 78.2. The van der Waals surface area contributed by atoms with Crippen molar-refractivity contribution < 1.29 is 48.2 Å². The highest BCUT2D eigenvalue weighted by Crippen LogP contribution is 2.17. The molecule has 3 aromatic carbocycles. The Balaban J connectivity index is 1.40. The number of aliphatic hydroxyl groups is 1. The maximum absolute atomic E-state index is 13.4. The molecular formula is C33H32N6O11. The van der Waals surface area contributed by atoms with E-state index in [1.165, 1.54) is 24.7 Å². The maximum atomic E-state index is 13.4. The second kappa shape index (κ2) is 18.1. The minimum atomic E-state index is -1.58. The van der Waals surface area contributed by atoms with Gasteiger partial charge in [-0.15, -0.1) is 0 Å². The minimum Gasteiger partial charge on any atom is -0.445 e. The predicted molar refractivity (Wildman–Crippen MR) is 172 cm³/mol. The van der Waals surface area contributed by atoms with Gasteiger partial charge in [-0.3, -0.25) is 19.7 Å². The molecule has 0 radical (unpaired) electrons. The van der Waals surface area contributed by atoms with Gasteiger partial charge in [-0.1, -0.05) is 60.7 Å². The van der Waals surface area contributed by atoms with E-state index in [0.717, 1.165) is 22.3 Å². The van der Waals surface area contributed by atoms with Crippen LogP contribution in [0.25, 0.3) is 0 Å². The molecule has 0 bridgehead atoms. The predicted octanol–water partition coefficient (Wildman–Crippen LogP) is 2.01. The Hall–Kier alpha value is -6.62. The number of amides is 3. The van der Waals surface area contributed by atoms with Crippen LogP contribution in [0.2, 0.25) is 0 Å². The number of imidazole rings is 1. The van der Waals surface area contributed by atoms with Crippen molar-refractivity contribution in [3.63, 3.8) is 0 Å². The van der Waals surface area contributed by atoms with Crippen LogP contribution < -0.4 is 20.7 Å². The highest BCUT2D eigenvalue weighted by atomic mass is 16.6. The number of aromatic nitrogens is 2. The van der Waals surface area contributed by atoms with Crippen LogP contribution >= 0.6 is 0 Å². The quantitative estimate of drug-likeness (QED) is 0.0608. The van der Waals surface area contributed by atoms with Gasteiger partial charge in [0.25, 0.3) is 5.69 Å². The number of nitro benzene ring substituents is 1. The van der Waals surface area contributed by atoms with Gasteiger partial charge < -0.3 is 35.3 Å². The van der Waals surface area contributed by atoms with Gasteiger partial charge in [-0.25, -0.2) is 23.9 Å². The molecule has 3 amide bonds. The molecule has 0 saturated heterocycles. The van der Waals surface area contributed by atoms with Crippen molar-refractivity contribution in [1.29, 1.82) is 0 Å². The lowest BCUT2D eigenvalue weighted by atomic mass is 10.1. The van der Waals surface area contributed by atoms with Crippen molar-refractivity contribution in [3.05, 3.63) is 124 Å². The van der Waals surface area contributed by atoms with Crippen molar-refractivity contribution in [2.45, 2.75) is 31.7 Å². The van der Waals surface area contributed by atoms with E-state index < -0.39 is 60.1 Å². The highest BCUT2D eigenvalue weighted by Gasteiger charge is 2.29. The van der Waals surface area contributed by atoms with Gasteiger partial charge >= 0.3 is 18.2 Å². The van der Waals surface area contributed by atoms with Crippen molar-refractivity contribution in [2.75, 3.05) is 13.2 Å². The van der Waals surface area contributed by atoms with Gasteiger partial charge in [0.05, 0.1) is 17.2 Å². The van der Waals surface area contributed by atoms with Gasteiger partial charge in [-0.2, -0.15) is 0 Å². The smallest absolute Gasteiger partial charge is 0.419 e. The first-order valence-electron chi connectivity index (χ1n) is 15.0. The Kier molecular flexibility index (Phi) is 13.1. The third-order valence-electron chi connectivity index (χ3n) is 6.85. The molecule has 0 aliphatic carbocycles. The lowest BCUT2D eigenvalue weighted by Crippen LogP contribution is -2.56. The van der Waals surface area contributed by atoms with Crippen molar-refractivity contribution >= 4 is 35.7 Å². The second-order valence-electron chi connectivity index (χ2n) is 10.4. The molecule has 1 aromatic heterocycles.